The van der Waals surface area contributed by atoms with Gasteiger partial charge >= 0.3 is 0 Å². The van der Waals surface area contributed by atoms with Crippen LogP contribution in [0.2, 0.25) is 0 Å². The molecule has 1 N–H and O–H groups in total. The summed E-state index contributed by atoms with van der Waals surface area (Å²) in [6.07, 6.45) is 6.71. The van der Waals surface area contributed by atoms with Crippen LogP contribution in [-0.4, -0.2) is 21.5 Å². The molecular formula is C15H20N4. The summed E-state index contributed by atoms with van der Waals surface area (Å²) in [6, 6.07) is 2.10. The van der Waals surface area contributed by atoms with Crippen molar-refractivity contribution >= 4 is 0 Å². The first-order valence-corrected chi connectivity index (χ1v) is 6.66. The van der Waals surface area contributed by atoms with Crippen molar-refractivity contribution in [3.63, 3.8) is 0 Å². The molecule has 2 aromatic heterocycles. The van der Waals surface area contributed by atoms with E-state index in [9.17, 15) is 0 Å². The second-order valence-electron chi connectivity index (χ2n) is 4.77. The third-order valence-corrected chi connectivity index (χ3v) is 2.89. The lowest BCUT2D eigenvalue weighted by molar-refractivity contribution is 0.672. The summed E-state index contributed by atoms with van der Waals surface area (Å²) in [5.41, 5.74) is 4.22. The molecule has 0 aromatic carbocycles. The Morgan fingerprint density at radius 1 is 1.05 bits per heavy atom. The zero-order valence-electron chi connectivity index (χ0n) is 11.8. The van der Waals surface area contributed by atoms with Gasteiger partial charge in [0.1, 0.15) is 5.69 Å². The number of nitrogens with zero attached hydrogens (tertiary/aromatic N) is 3. The van der Waals surface area contributed by atoms with Gasteiger partial charge in [-0.2, -0.15) is 0 Å². The van der Waals surface area contributed by atoms with E-state index in [2.05, 4.69) is 33.3 Å². The Labute approximate surface area is 114 Å². The quantitative estimate of drug-likeness (QED) is 0.836. The average Bonchev–Trinajstić information content (AvgIpc) is 2.40. The molecule has 0 bridgehead atoms. The van der Waals surface area contributed by atoms with Crippen LogP contribution >= 0.6 is 0 Å². The Kier molecular flexibility index (Phi) is 4.58. The smallest absolute Gasteiger partial charge is 0.178 e. The van der Waals surface area contributed by atoms with Crippen LogP contribution in [0.15, 0.2) is 24.7 Å². The lowest BCUT2D eigenvalue weighted by atomic mass is 10.1. The lowest BCUT2D eigenvalue weighted by Crippen LogP contribution is -2.14. The summed E-state index contributed by atoms with van der Waals surface area (Å²) in [6.45, 7) is 8.05. The Bertz CT molecular complexity index is 534. The van der Waals surface area contributed by atoms with Crippen molar-refractivity contribution in [1.29, 1.82) is 0 Å². The number of aromatic nitrogens is 3. The fraction of sp³-hybridized carbons (Fsp3) is 0.400. The van der Waals surface area contributed by atoms with E-state index in [1.54, 1.807) is 0 Å². The summed E-state index contributed by atoms with van der Waals surface area (Å²) in [4.78, 5) is 13.2. The predicted molar refractivity (Wildman–Crippen MR) is 76.7 cm³/mol. The summed E-state index contributed by atoms with van der Waals surface area (Å²) < 4.78 is 0. The van der Waals surface area contributed by atoms with Crippen molar-refractivity contribution in [1.82, 2.24) is 20.3 Å². The van der Waals surface area contributed by atoms with Crippen LogP contribution in [0.25, 0.3) is 11.5 Å². The molecule has 2 heterocycles. The Morgan fingerprint density at radius 3 is 2.42 bits per heavy atom. The highest BCUT2D eigenvalue weighted by Crippen LogP contribution is 2.17. The second kappa shape index (κ2) is 6.38. The minimum Gasteiger partial charge on any atom is -0.313 e. The van der Waals surface area contributed by atoms with E-state index in [1.165, 1.54) is 0 Å². The van der Waals surface area contributed by atoms with Crippen LogP contribution in [0.4, 0.5) is 0 Å². The molecule has 0 amide bonds. The minimum atomic E-state index is 0.691. The number of aryl methyl sites for hydroxylation is 2. The van der Waals surface area contributed by atoms with E-state index in [-0.39, 0.29) is 0 Å². The lowest BCUT2D eigenvalue weighted by Gasteiger charge is -2.06. The van der Waals surface area contributed by atoms with Crippen molar-refractivity contribution < 1.29 is 0 Å². The highest BCUT2D eigenvalue weighted by molar-refractivity contribution is 5.54. The van der Waals surface area contributed by atoms with Crippen LogP contribution in [-0.2, 0) is 6.54 Å². The molecule has 0 radical (unpaired) electrons. The van der Waals surface area contributed by atoms with Crippen molar-refractivity contribution in [2.24, 2.45) is 0 Å². The van der Waals surface area contributed by atoms with Gasteiger partial charge in [0, 0.05) is 30.7 Å². The van der Waals surface area contributed by atoms with Gasteiger partial charge in [0.2, 0.25) is 0 Å². The molecule has 19 heavy (non-hydrogen) atoms. The maximum atomic E-state index is 4.41. The van der Waals surface area contributed by atoms with Gasteiger partial charge in [-0.15, -0.1) is 0 Å². The largest absolute Gasteiger partial charge is 0.313 e. The topological polar surface area (TPSA) is 50.7 Å². The number of hydrogen-bond acceptors (Lipinski definition) is 4. The summed E-state index contributed by atoms with van der Waals surface area (Å²) in [5, 5.41) is 3.33. The van der Waals surface area contributed by atoms with Gasteiger partial charge in [-0.05, 0) is 37.9 Å². The van der Waals surface area contributed by atoms with Crippen LogP contribution in [0.3, 0.4) is 0 Å². The molecule has 0 saturated heterocycles. The van der Waals surface area contributed by atoms with E-state index in [0.717, 1.165) is 41.9 Å². The SMILES string of the molecule is CCCNCc1cnc(-c2ncc(C)cc2C)nc1. The van der Waals surface area contributed by atoms with E-state index in [0.29, 0.717) is 5.82 Å². The Balaban J connectivity index is 2.13. The van der Waals surface area contributed by atoms with E-state index in [4.69, 9.17) is 0 Å². The Morgan fingerprint density at radius 2 is 1.79 bits per heavy atom. The highest BCUT2D eigenvalue weighted by atomic mass is 14.9. The molecule has 0 atom stereocenters. The van der Waals surface area contributed by atoms with E-state index in [1.807, 2.05) is 32.4 Å². The molecule has 0 aliphatic carbocycles. The number of rotatable bonds is 5. The van der Waals surface area contributed by atoms with Crippen molar-refractivity contribution in [3.8, 4) is 11.5 Å². The third-order valence-electron chi connectivity index (χ3n) is 2.89. The minimum absolute atomic E-state index is 0.691. The van der Waals surface area contributed by atoms with Crippen LogP contribution in [0, 0.1) is 13.8 Å². The zero-order valence-corrected chi connectivity index (χ0v) is 11.8. The maximum absolute atomic E-state index is 4.41. The van der Waals surface area contributed by atoms with Gasteiger partial charge < -0.3 is 5.32 Å². The molecular weight excluding hydrogens is 236 g/mol. The molecule has 100 valence electrons. The molecule has 4 heteroatoms. The summed E-state index contributed by atoms with van der Waals surface area (Å²) in [5.74, 6) is 0.691. The standard InChI is InChI=1S/C15H20N4/c1-4-5-16-8-13-9-18-15(19-10-13)14-12(3)6-11(2)7-17-14/h6-7,9-10,16H,4-5,8H2,1-3H3. The maximum Gasteiger partial charge on any atom is 0.178 e. The third kappa shape index (κ3) is 3.58. The molecule has 0 aliphatic heterocycles. The molecule has 0 aliphatic rings. The Hall–Kier alpha value is -1.81. The molecule has 2 rings (SSSR count). The second-order valence-corrected chi connectivity index (χ2v) is 4.77. The van der Waals surface area contributed by atoms with Gasteiger partial charge in [-0.1, -0.05) is 13.0 Å². The first-order valence-electron chi connectivity index (χ1n) is 6.66. The highest BCUT2D eigenvalue weighted by Gasteiger charge is 2.06. The normalized spacial score (nSPS) is 10.7. The van der Waals surface area contributed by atoms with Crippen molar-refractivity contribution in [2.45, 2.75) is 33.7 Å². The first kappa shape index (κ1) is 13.6. The van der Waals surface area contributed by atoms with Crippen LogP contribution in [0.1, 0.15) is 30.0 Å². The number of pyridine rings is 1. The molecule has 0 fully saturated rings. The van der Waals surface area contributed by atoms with E-state index >= 15 is 0 Å². The molecule has 0 saturated carbocycles. The van der Waals surface area contributed by atoms with Gasteiger partial charge in [-0.25, -0.2) is 9.97 Å². The zero-order chi connectivity index (χ0) is 13.7. The predicted octanol–water partition coefficient (Wildman–Crippen LogP) is 2.66. The summed E-state index contributed by atoms with van der Waals surface area (Å²) in [7, 11) is 0. The molecule has 2 aromatic rings. The van der Waals surface area contributed by atoms with Crippen molar-refractivity contribution in [3.05, 3.63) is 41.3 Å². The number of hydrogen-bond donors (Lipinski definition) is 1. The van der Waals surface area contributed by atoms with Gasteiger partial charge in [-0.3, -0.25) is 4.98 Å². The molecule has 0 spiro atoms. The van der Waals surface area contributed by atoms with Gasteiger partial charge in [0.25, 0.3) is 0 Å². The fourth-order valence-electron chi connectivity index (χ4n) is 1.93. The first-order chi connectivity index (χ1) is 9.20. The van der Waals surface area contributed by atoms with Gasteiger partial charge in [0.05, 0.1) is 0 Å². The van der Waals surface area contributed by atoms with Crippen LogP contribution < -0.4 is 5.32 Å². The van der Waals surface area contributed by atoms with Crippen molar-refractivity contribution in [2.75, 3.05) is 6.54 Å². The average molecular weight is 256 g/mol. The monoisotopic (exact) mass is 256 g/mol. The molecule has 0 unspecified atom stereocenters. The van der Waals surface area contributed by atoms with E-state index < -0.39 is 0 Å². The van der Waals surface area contributed by atoms with Crippen LogP contribution in [0.5, 0.6) is 0 Å². The van der Waals surface area contributed by atoms with Gasteiger partial charge in [0.15, 0.2) is 5.82 Å². The number of nitrogens with one attached hydrogen (secondary N) is 1. The fourth-order valence-corrected chi connectivity index (χ4v) is 1.93. The summed E-state index contributed by atoms with van der Waals surface area (Å²) >= 11 is 0. The molecule has 4 nitrogen and oxygen atoms in total.